The van der Waals surface area contributed by atoms with Crippen molar-refractivity contribution < 1.29 is 29.1 Å². The summed E-state index contributed by atoms with van der Waals surface area (Å²) in [6, 6.07) is -5.20. The summed E-state index contributed by atoms with van der Waals surface area (Å²) in [4.78, 5) is 61.3. The third-order valence-electron chi connectivity index (χ3n) is 5.25. The first kappa shape index (κ1) is 33.9. The quantitative estimate of drug-likeness (QED) is 0.0601. The lowest BCUT2D eigenvalue weighted by atomic mass is 10.1. The maximum absolute atomic E-state index is 12.6. The standard InChI is InChI=1S/C21H41N7O6S2/c1-12(25-19(31)15(10-35)28-18(30)13(24)6-2-4-8-22)17(29)27-16(11-36)20(32)26-14(21(33)34)7-3-5-9-23/h12-16,35-36H,2-11,22-24H2,1H3,(H,25,31)(H,26,32)(H,27,29)(H,28,30)(H,33,34)/t12-,13-,14-,15-,16-/m0/s1. The van der Waals surface area contributed by atoms with Crippen molar-refractivity contribution in [3.05, 3.63) is 0 Å². The molecule has 0 unspecified atom stereocenters. The lowest BCUT2D eigenvalue weighted by Gasteiger charge is -2.24. The van der Waals surface area contributed by atoms with Gasteiger partial charge in [0, 0.05) is 11.5 Å². The van der Waals surface area contributed by atoms with Crippen molar-refractivity contribution in [3.8, 4) is 0 Å². The van der Waals surface area contributed by atoms with Gasteiger partial charge in [0.2, 0.25) is 23.6 Å². The topological polar surface area (TPSA) is 232 Å². The molecule has 13 nitrogen and oxygen atoms in total. The van der Waals surface area contributed by atoms with Crippen LogP contribution in [0.1, 0.15) is 45.4 Å². The van der Waals surface area contributed by atoms with Gasteiger partial charge in [-0.2, -0.15) is 25.3 Å². The lowest BCUT2D eigenvalue weighted by molar-refractivity contribution is -0.142. The molecule has 0 bridgehead atoms. The number of aliphatic carboxylic acids is 1. The molecule has 0 aromatic rings. The molecule has 0 aliphatic rings. The molecule has 11 N–H and O–H groups in total. The molecule has 15 heteroatoms. The van der Waals surface area contributed by atoms with Crippen molar-refractivity contribution in [2.45, 2.75) is 75.7 Å². The largest absolute Gasteiger partial charge is 0.480 e. The molecule has 0 aromatic heterocycles. The monoisotopic (exact) mass is 551 g/mol. The average Bonchev–Trinajstić information content (AvgIpc) is 2.84. The maximum atomic E-state index is 12.6. The van der Waals surface area contributed by atoms with Crippen LogP contribution in [-0.2, 0) is 24.0 Å². The van der Waals surface area contributed by atoms with Gasteiger partial charge in [0.15, 0.2) is 0 Å². The van der Waals surface area contributed by atoms with Crippen LogP contribution in [-0.4, -0.2) is 89.5 Å². The minimum atomic E-state index is -1.20. The summed E-state index contributed by atoms with van der Waals surface area (Å²) >= 11 is 8.14. The maximum Gasteiger partial charge on any atom is 0.326 e. The minimum Gasteiger partial charge on any atom is -0.480 e. The number of nitrogens with one attached hydrogen (secondary N) is 4. The Morgan fingerprint density at radius 3 is 1.61 bits per heavy atom. The Kier molecular flexibility index (Phi) is 18.0. The van der Waals surface area contributed by atoms with Gasteiger partial charge in [-0.3, -0.25) is 19.2 Å². The van der Waals surface area contributed by atoms with E-state index in [1.807, 2.05) is 0 Å². The smallest absolute Gasteiger partial charge is 0.326 e. The van der Waals surface area contributed by atoms with Crippen molar-refractivity contribution in [1.29, 1.82) is 0 Å². The second-order valence-electron chi connectivity index (χ2n) is 8.29. The summed E-state index contributed by atoms with van der Waals surface area (Å²) in [5.74, 6) is -3.95. The van der Waals surface area contributed by atoms with Gasteiger partial charge in [0.1, 0.15) is 24.2 Å². The summed E-state index contributed by atoms with van der Waals surface area (Å²) in [6.45, 7) is 2.28. The van der Waals surface area contributed by atoms with Crippen LogP contribution >= 0.6 is 25.3 Å². The molecule has 0 aromatic carbocycles. The molecule has 4 amide bonds. The van der Waals surface area contributed by atoms with E-state index in [9.17, 15) is 29.1 Å². The fraction of sp³-hybridized carbons (Fsp3) is 0.762. The van der Waals surface area contributed by atoms with Crippen LogP contribution in [0.5, 0.6) is 0 Å². The molecule has 208 valence electrons. The van der Waals surface area contributed by atoms with E-state index >= 15 is 0 Å². The van der Waals surface area contributed by atoms with E-state index in [0.29, 0.717) is 38.8 Å². The lowest BCUT2D eigenvalue weighted by Crippen LogP contribution is -2.58. The van der Waals surface area contributed by atoms with Crippen molar-refractivity contribution in [1.82, 2.24) is 21.3 Å². The Labute approximate surface area is 222 Å². The van der Waals surface area contributed by atoms with Crippen molar-refractivity contribution in [3.63, 3.8) is 0 Å². The molecule has 0 aliphatic carbocycles. The van der Waals surface area contributed by atoms with Crippen LogP contribution in [0.4, 0.5) is 0 Å². The first-order chi connectivity index (χ1) is 17.0. The number of hydrogen-bond acceptors (Lipinski definition) is 10. The van der Waals surface area contributed by atoms with Crippen LogP contribution < -0.4 is 38.5 Å². The van der Waals surface area contributed by atoms with E-state index in [2.05, 4.69) is 46.5 Å². The predicted octanol–water partition coefficient (Wildman–Crippen LogP) is -2.52. The highest BCUT2D eigenvalue weighted by molar-refractivity contribution is 7.80. The van der Waals surface area contributed by atoms with E-state index < -0.39 is 59.8 Å². The number of unbranched alkanes of at least 4 members (excludes halogenated alkanes) is 2. The first-order valence-electron chi connectivity index (χ1n) is 11.8. The van der Waals surface area contributed by atoms with Crippen LogP contribution in [0.3, 0.4) is 0 Å². The Bertz CT molecular complexity index is 731. The molecule has 0 aliphatic heterocycles. The zero-order valence-corrected chi connectivity index (χ0v) is 22.4. The highest BCUT2D eigenvalue weighted by Gasteiger charge is 2.29. The molecule has 0 heterocycles. The molecule has 36 heavy (non-hydrogen) atoms. The van der Waals surface area contributed by atoms with Crippen LogP contribution in [0.25, 0.3) is 0 Å². The molecule has 5 atom stereocenters. The normalized spacial score (nSPS) is 15.1. The third kappa shape index (κ3) is 13.3. The average molecular weight is 552 g/mol. The van der Waals surface area contributed by atoms with Crippen LogP contribution in [0, 0.1) is 0 Å². The van der Waals surface area contributed by atoms with Gasteiger partial charge in [-0.05, 0) is 52.1 Å². The van der Waals surface area contributed by atoms with E-state index in [1.165, 1.54) is 6.92 Å². The zero-order chi connectivity index (χ0) is 27.7. The number of hydrogen-bond donors (Lipinski definition) is 10. The van der Waals surface area contributed by atoms with Gasteiger partial charge in [-0.25, -0.2) is 4.79 Å². The number of carboxylic acid groups (broad SMARTS) is 1. The van der Waals surface area contributed by atoms with E-state index in [4.69, 9.17) is 17.2 Å². The number of carboxylic acids is 1. The van der Waals surface area contributed by atoms with Crippen LogP contribution in [0.15, 0.2) is 0 Å². The molecule has 0 rings (SSSR count). The van der Waals surface area contributed by atoms with Gasteiger partial charge < -0.3 is 43.6 Å². The highest BCUT2D eigenvalue weighted by Crippen LogP contribution is 2.03. The number of nitrogens with two attached hydrogens (primary N) is 3. The fourth-order valence-electron chi connectivity index (χ4n) is 3.01. The molecular formula is C21H41N7O6S2. The number of thiol groups is 2. The van der Waals surface area contributed by atoms with Crippen molar-refractivity contribution in [2.75, 3.05) is 24.6 Å². The molecule has 0 radical (unpaired) electrons. The van der Waals surface area contributed by atoms with Gasteiger partial charge in [-0.15, -0.1) is 0 Å². The van der Waals surface area contributed by atoms with Gasteiger partial charge in [0.25, 0.3) is 0 Å². The molecule has 0 saturated carbocycles. The second kappa shape index (κ2) is 19.1. The molecular weight excluding hydrogens is 510 g/mol. The number of carbonyl (C=O) groups excluding carboxylic acids is 4. The molecule has 0 fully saturated rings. The Morgan fingerprint density at radius 1 is 0.694 bits per heavy atom. The first-order valence-corrected chi connectivity index (χ1v) is 13.1. The van der Waals surface area contributed by atoms with Crippen molar-refractivity contribution >= 4 is 54.9 Å². The summed E-state index contributed by atoms with van der Waals surface area (Å²) < 4.78 is 0. The molecule has 0 saturated heterocycles. The summed E-state index contributed by atoms with van der Waals surface area (Å²) in [6.07, 6.45) is 3.10. The van der Waals surface area contributed by atoms with E-state index in [1.54, 1.807) is 0 Å². The number of amides is 4. The Morgan fingerprint density at radius 2 is 1.14 bits per heavy atom. The predicted molar refractivity (Wildman–Crippen MR) is 143 cm³/mol. The van der Waals surface area contributed by atoms with E-state index in [0.717, 1.165) is 6.42 Å². The second-order valence-corrected chi connectivity index (χ2v) is 9.02. The van der Waals surface area contributed by atoms with E-state index in [-0.39, 0.29) is 17.9 Å². The minimum absolute atomic E-state index is 0.0379. The Balaban J connectivity index is 4.90. The highest BCUT2D eigenvalue weighted by atomic mass is 32.1. The van der Waals surface area contributed by atoms with Crippen LogP contribution in [0.2, 0.25) is 0 Å². The third-order valence-corrected chi connectivity index (χ3v) is 5.98. The van der Waals surface area contributed by atoms with Gasteiger partial charge in [-0.1, -0.05) is 6.42 Å². The summed E-state index contributed by atoms with van der Waals surface area (Å²) in [7, 11) is 0. The van der Waals surface area contributed by atoms with Gasteiger partial charge >= 0.3 is 5.97 Å². The van der Waals surface area contributed by atoms with Crippen molar-refractivity contribution in [2.24, 2.45) is 17.2 Å². The van der Waals surface area contributed by atoms with Gasteiger partial charge in [0.05, 0.1) is 6.04 Å². The fourth-order valence-corrected chi connectivity index (χ4v) is 3.52. The number of carbonyl (C=O) groups is 5. The Hall–Kier alpha value is -2.07. The summed E-state index contributed by atoms with van der Waals surface area (Å²) in [5.41, 5.74) is 16.7. The number of rotatable bonds is 19. The molecule has 0 spiro atoms. The summed E-state index contributed by atoms with van der Waals surface area (Å²) in [5, 5.41) is 19.1. The SMILES string of the molecule is C[C@H](NC(=O)[C@H](CS)NC(=O)[C@@H](N)CCCCN)C(=O)N[C@@H](CS)C(=O)N[C@@H](CCCCN)C(=O)O. The zero-order valence-electron chi connectivity index (χ0n) is 20.6.